The molecule has 0 saturated heterocycles. The van der Waals surface area contributed by atoms with Crippen molar-refractivity contribution in [2.45, 2.75) is 0 Å². The Kier molecular flexibility index (Phi) is 7.23. The standard InChI is InChI=1S/C12H10O.C8H10O2/c1-3-7-11(8-4-1)13-12-9-5-2-6-10-12;9-6-7-10-8-4-2-1-3-5-8/h1-10H;1-5,9H,6-7H2. The van der Waals surface area contributed by atoms with Crippen LogP contribution in [0.5, 0.6) is 17.2 Å². The van der Waals surface area contributed by atoms with Crippen LogP contribution in [-0.4, -0.2) is 18.3 Å². The third kappa shape index (κ3) is 6.68. The molecule has 0 fully saturated rings. The van der Waals surface area contributed by atoms with Gasteiger partial charge in [-0.3, -0.25) is 0 Å². The summed E-state index contributed by atoms with van der Waals surface area (Å²) in [7, 11) is 0. The highest BCUT2D eigenvalue weighted by atomic mass is 16.5. The normalized spacial score (nSPS) is 9.43. The molecule has 3 nitrogen and oxygen atoms in total. The van der Waals surface area contributed by atoms with Crippen LogP contribution < -0.4 is 9.47 Å². The van der Waals surface area contributed by atoms with Gasteiger partial charge in [0.15, 0.2) is 0 Å². The lowest BCUT2D eigenvalue weighted by atomic mass is 10.3. The van der Waals surface area contributed by atoms with E-state index in [1.54, 1.807) is 0 Å². The predicted octanol–water partition coefficient (Wildman–Crippen LogP) is 4.54. The van der Waals surface area contributed by atoms with Crippen molar-refractivity contribution in [2.24, 2.45) is 0 Å². The minimum absolute atomic E-state index is 0.0644. The number of hydrogen-bond donors (Lipinski definition) is 1. The summed E-state index contributed by atoms with van der Waals surface area (Å²) in [6, 6.07) is 28.9. The van der Waals surface area contributed by atoms with Gasteiger partial charge in [0.25, 0.3) is 0 Å². The van der Waals surface area contributed by atoms with Gasteiger partial charge in [0.1, 0.15) is 23.9 Å². The van der Waals surface area contributed by atoms with Crippen molar-refractivity contribution >= 4 is 0 Å². The second-order valence-electron chi connectivity index (χ2n) is 4.61. The summed E-state index contributed by atoms with van der Waals surface area (Å²) in [6.45, 7) is 0.429. The fourth-order valence-electron chi connectivity index (χ4n) is 1.79. The van der Waals surface area contributed by atoms with Gasteiger partial charge in [-0.15, -0.1) is 0 Å². The quantitative estimate of drug-likeness (QED) is 0.752. The highest BCUT2D eigenvalue weighted by Gasteiger charge is 1.92. The summed E-state index contributed by atoms with van der Waals surface area (Å²) in [4.78, 5) is 0. The first-order valence-electron chi connectivity index (χ1n) is 7.45. The first kappa shape index (κ1) is 16.6. The molecule has 0 bridgehead atoms. The van der Waals surface area contributed by atoms with Crippen LogP contribution in [0.2, 0.25) is 0 Å². The number of para-hydroxylation sites is 3. The molecule has 3 heteroatoms. The Labute approximate surface area is 136 Å². The Morgan fingerprint density at radius 3 is 1.35 bits per heavy atom. The average Bonchev–Trinajstić information content (AvgIpc) is 2.63. The van der Waals surface area contributed by atoms with Crippen LogP contribution >= 0.6 is 0 Å². The summed E-state index contributed by atoms with van der Waals surface area (Å²) >= 11 is 0. The Hall–Kier alpha value is -2.78. The summed E-state index contributed by atoms with van der Waals surface area (Å²) in [6.07, 6.45) is 0. The maximum Gasteiger partial charge on any atom is 0.127 e. The maximum atomic E-state index is 8.40. The molecule has 0 spiro atoms. The van der Waals surface area contributed by atoms with Gasteiger partial charge in [0, 0.05) is 0 Å². The van der Waals surface area contributed by atoms with Crippen molar-refractivity contribution in [1.29, 1.82) is 0 Å². The van der Waals surface area contributed by atoms with Crippen molar-refractivity contribution in [3.63, 3.8) is 0 Å². The molecular weight excluding hydrogens is 288 g/mol. The molecule has 0 atom stereocenters. The van der Waals surface area contributed by atoms with Crippen molar-refractivity contribution in [3.05, 3.63) is 91.0 Å². The first-order chi connectivity index (χ1) is 11.4. The zero-order valence-corrected chi connectivity index (χ0v) is 12.8. The summed E-state index contributed by atoms with van der Waals surface area (Å²) in [5, 5.41) is 8.40. The third-order valence-electron chi connectivity index (χ3n) is 2.83. The number of benzene rings is 3. The highest BCUT2D eigenvalue weighted by Crippen LogP contribution is 2.19. The van der Waals surface area contributed by atoms with Gasteiger partial charge in [-0.1, -0.05) is 54.6 Å². The van der Waals surface area contributed by atoms with E-state index in [9.17, 15) is 0 Å². The van der Waals surface area contributed by atoms with Gasteiger partial charge in [-0.2, -0.15) is 0 Å². The molecule has 23 heavy (non-hydrogen) atoms. The number of rotatable bonds is 5. The van der Waals surface area contributed by atoms with Crippen LogP contribution in [0.3, 0.4) is 0 Å². The van der Waals surface area contributed by atoms with Crippen LogP contribution in [0.1, 0.15) is 0 Å². The van der Waals surface area contributed by atoms with E-state index in [1.165, 1.54) is 0 Å². The van der Waals surface area contributed by atoms with E-state index in [0.717, 1.165) is 17.2 Å². The topological polar surface area (TPSA) is 38.7 Å². The van der Waals surface area contributed by atoms with Gasteiger partial charge >= 0.3 is 0 Å². The predicted molar refractivity (Wildman–Crippen MR) is 92.0 cm³/mol. The van der Waals surface area contributed by atoms with Crippen LogP contribution in [0, 0.1) is 0 Å². The lowest BCUT2D eigenvalue weighted by molar-refractivity contribution is 0.201. The maximum absolute atomic E-state index is 8.40. The monoisotopic (exact) mass is 308 g/mol. The van der Waals surface area contributed by atoms with Crippen LogP contribution in [0.25, 0.3) is 0 Å². The molecule has 0 saturated carbocycles. The van der Waals surface area contributed by atoms with Crippen molar-refractivity contribution < 1.29 is 14.6 Å². The van der Waals surface area contributed by atoms with Gasteiger partial charge in [-0.05, 0) is 36.4 Å². The molecule has 0 aliphatic rings. The minimum Gasteiger partial charge on any atom is -0.491 e. The fourth-order valence-corrected chi connectivity index (χ4v) is 1.79. The Morgan fingerprint density at radius 1 is 0.565 bits per heavy atom. The number of hydrogen-bond acceptors (Lipinski definition) is 3. The fraction of sp³-hybridized carbons (Fsp3) is 0.100. The average molecular weight is 308 g/mol. The van der Waals surface area contributed by atoms with Crippen molar-refractivity contribution in [2.75, 3.05) is 13.2 Å². The number of aliphatic hydroxyl groups is 1. The lowest BCUT2D eigenvalue weighted by Crippen LogP contribution is -2.00. The van der Waals surface area contributed by atoms with E-state index >= 15 is 0 Å². The van der Waals surface area contributed by atoms with E-state index in [4.69, 9.17) is 14.6 Å². The molecule has 0 radical (unpaired) electrons. The van der Waals surface area contributed by atoms with E-state index in [1.807, 2.05) is 91.0 Å². The smallest absolute Gasteiger partial charge is 0.127 e. The Morgan fingerprint density at radius 2 is 0.957 bits per heavy atom. The molecule has 118 valence electrons. The molecule has 3 aromatic rings. The molecule has 0 aliphatic carbocycles. The van der Waals surface area contributed by atoms with Crippen molar-refractivity contribution in [1.82, 2.24) is 0 Å². The molecule has 0 aliphatic heterocycles. The van der Waals surface area contributed by atoms with E-state index in [0.29, 0.717) is 6.61 Å². The second kappa shape index (κ2) is 10.0. The Balaban J connectivity index is 0.000000174. The van der Waals surface area contributed by atoms with Gasteiger partial charge in [-0.25, -0.2) is 0 Å². The molecule has 0 aromatic heterocycles. The lowest BCUT2D eigenvalue weighted by Gasteiger charge is -2.03. The number of ether oxygens (including phenoxy) is 2. The molecule has 1 N–H and O–H groups in total. The molecule has 0 amide bonds. The van der Waals surface area contributed by atoms with Crippen LogP contribution in [0.15, 0.2) is 91.0 Å². The zero-order chi connectivity index (χ0) is 16.2. The Bertz CT molecular complexity index is 602. The molecule has 3 aromatic carbocycles. The molecular formula is C20H20O3. The molecule has 0 unspecified atom stereocenters. The zero-order valence-electron chi connectivity index (χ0n) is 12.8. The second-order valence-corrected chi connectivity index (χ2v) is 4.61. The number of aliphatic hydroxyl groups excluding tert-OH is 1. The first-order valence-corrected chi connectivity index (χ1v) is 7.45. The summed E-state index contributed by atoms with van der Waals surface area (Å²) < 4.78 is 10.7. The van der Waals surface area contributed by atoms with Gasteiger partial charge < -0.3 is 14.6 Å². The summed E-state index contributed by atoms with van der Waals surface area (Å²) in [5.41, 5.74) is 0. The van der Waals surface area contributed by atoms with E-state index in [-0.39, 0.29) is 6.61 Å². The molecule has 0 heterocycles. The van der Waals surface area contributed by atoms with E-state index in [2.05, 4.69) is 0 Å². The van der Waals surface area contributed by atoms with Gasteiger partial charge in [0.2, 0.25) is 0 Å². The van der Waals surface area contributed by atoms with Crippen molar-refractivity contribution in [3.8, 4) is 17.2 Å². The van der Waals surface area contributed by atoms with Crippen LogP contribution in [0.4, 0.5) is 0 Å². The molecule has 3 rings (SSSR count). The van der Waals surface area contributed by atoms with Crippen LogP contribution in [-0.2, 0) is 0 Å². The van der Waals surface area contributed by atoms with E-state index < -0.39 is 0 Å². The van der Waals surface area contributed by atoms with Gasteiger partial charge in [0.05, 0.1) is 6.61 Å². The highest BCUT2D eigenvalue weighted by molar-refractivity contribution is 5.30. The largest absolute Gasteiger partial charge is 0.491 e. The SMILES string of the molecule is OCCOc1ccccc1.c1ccc(Oc2ccccc2)cc1. The third-order valence-corrected chi connectivity index (χ3v) is 2.83. The minimum atomic E-state index is 0.0644. The summed E-state index contributed by atoms with van der Waals surface area (Å²) in [5.74, 6) is 2.54.